The van der Waals surface area contributed by atoms with Crippen molar-refractivity contribution in [3.63, 3.8) is 0 Å². The average molecular weight is 320 g/mol. The zero-order chi connectivity index (χ0) is 17.8. The van der Waals surface area contributed by atoms with E-state index >= 15 is 0 Å². The van der Waals surface area contributed by atoms with Crippen LogP contribution in [0.4, 0.5) is 0 Å². The summed E-state index contributed by atoms with van der Waals surface area (Å²) < 4.78 is 0. The quantitative estimate of drug-likeness (QED) is 0.443. The Morgan fingerprint density at radius 2 is 1.78 bits per heavy atom. The van der Waals surface area contributed by atoms with Gasteiger partial charge in [-0.3, -0.25) is 0 Å². The molecule has 0 radical (unpaired) electrons. The SMILES string of the molecule is CCCN(CC)C1=C(C#N)C(=C(C(=O)O)C(=O)O)CC(C)(C)C1. The second kappa shape index (κ2) is 7.32. The molecule has 0 atom stereocenters. The molecule has 126 valence electrons. The fraction of sp³-hybridized carbons (Fsp3) is 0.588. The Kier molecular flexibility index (Phi) is 5.97. The van der Waals surface area contributed by atoms with E-state index in [9.17, 15) is 25.1 Å². The molecule has 0 amide bonds. The smallest absolute Gasteiger partial charge is 0.343 e. The molecule has 0 unspecified atom stereocenters. The van der Waals surface area contributed by atoms with Gasteiger partial charge in [0.2, 0.25) is 0 Å². The van der Waals surface area contributed by atoms with Crippen LogP contribution in [0.5, 0.6) is 0 Å². The van der Waals surface area contributed by atoms with Crippen LogP contribution in [0, 0.1) is 16.7 Å². The summed E-state index contributed by atoms with van der Waals surface area (Å²) in [6.07, 6.45) is 1.77. The van der Waals surface area contributed by atoms with E-state index in [1.165, 1.54) is 0 Å². The number of allylic oxidation sites excluding steroid dienone is 3. The van der Waals surface area contributed by atoms with Gasteiger partial charge in [-0.05, 0) is 37.2 Å². The first-order valence-electron chi connectivity index (χ1n) is 7.76. The highest BCUT2D eigenvalue weighted by atomic mass is 16.4. The molecule has 0 aromatic carbocycles. The third kappa shape index (κ3) is 4.13. The predicted molar refractivity (Wildman–Crippen MR) is 85.5 cm³/mol. The Morgan fingerprint density at radius 3 is 2.17 bits per heavy atom. The predicted octanol–water partition coefficient (Wildman–Crippen LogP) is 2.78. The second-order valence-corrected chi connectivity index (χ2v) is 6.49. The van der Waals surface area contributed by atoms with Gasteiger partial charge < -0.3 is 15.1 Å². The van der Waals surface area contributed by atoms with Crippen LogP contribution < -0.4 is 0 Å². The lowest BCUT2D eigenvalue weighted by Gasteiger charge is -2.38. The number of carboxylic acids is 2. The largest absolute Gasteiger partial charge is 0.477 e. The van der Waals surface area contributed by atoms with Gasteiger partial charge in [0, 0.05) is 18.8 Å². The molecule has 0 bridgehead atoms. The first-order valence-corrected chi connectivity index (χ1v) is 7.76. The third-order valence-electron chi connectivity index (χ3n) is 3.99. The van der Waals surface area contributed by atoms with E-state index in [2.05, 4.69) is 6.07 Å². The standard InChI is InChI=1S/C17H24N2O4/c1-5-7-19(6-2)13-9-17(3,4)8-11(12(13)10-18)14(15(20)21)16(22)23/h5-9H2,1-4H3,(H,20,21)(H,22,23). The Morgan fingerprint density at radius 1 is 1.22 bits per heavy atom. The molecule has 6 heteroatoms. The highest BCUT2D eigenvalue weighted by molar-refractivity contribution is 6.14. The van der Waals surface area contributed by atoms with Crippen LogP contribution in [0.25, 0.3) is 0 Å². The van der Waals surface area contributed by atoms with Gasteiger partial charge in [0.15, 0.2) is 0 Å². The van der Waals surface area contributed by atoms with Gasteiger partial charge in [-0.1, -0.05) is 20.8 Å². The molecule has 1 aliphatic rings. The molecule has 6 nitrogen and oxygen atoms in total. The van der Waals surface area contributed by atoms with Crippen LogP contribution in [-0.4, -0.2) is 40.1 Å². The first kappa shape index (κ1) is 18.8. The van der Waals surface area contributed by atoms with Gasteiger partial charge in [0.1, 0.15) is 11.6 Å². The summed E-state index contributed by atoms with van der Waals surface area (Å²) in [5.74, 6) is -3.01. The van der Waals surface area contributed by atoms with Crippen molar-refractivity contribution in [2.75, 3.05) is 13.1 Å². The first-order chi connectivity index (χ1) is 10.7. The van der Waals surface area contributed by atoms with Crippen molar-refractivity contribution >= 4 is 11.9 Å². The topological polar surface area (TPSA) is 102 Å². The zero-order valence-corrected chi connectivity index (χ0v) is 14.1. The van der Waals surface area contributed by atoms with E-state index in [1.807, 2.05) is 32.6 Å². The Bertz CT molecular complexity index is 593. The van der Waals surface area contributed by atoms with Crippen LogP contribution >= 0.6 is 0 Å². The zero-order valence-electron chi connectivity index (χ0n) is 14.1. The molecule has 0 fully saturated rings. The molecule has 0 aromatic heterocycles. The molecule has 0 saturated carbocycles. The van der Waals surface area contributed by atoms with Gasteiger partial charge in [-0.15, -0.1) is 0 Å². The fourth-order valence-electron chi connectivity index (χ4n) is 3.06. The molecule has 0 saturated heterocycles. The van der Waals surface area contributed by atoms with Gasteiger partial charge >= 0.3 is 11.9 Å². The van der Waals surface area contributed by atoms with Gasteiger partial charge in [0.05, 0.1) is 5.57 Å². The van der Waals surface area contributed by atoms with Crippen molar-refractivity contribution in [1.29, 1.82) is 5.26 Å². The normalized spacial score (nSPS) is 16.7. The van der Waals surface area contributed by atoms with E-state index in [4.69, 9.17) is 0 Å². The number of nitriles is 1. The fourth-order valence-corrected chi connectivity index (χ4v) is 3.06. The van der Waals surface area contributed by atoms with E-state index in [-0.39, 0.29) is 23.0 Å². The van der Waals surface area contributed by atoms with Crippen molar-refractivity contribution in [1.82, 2.24) is 4.90 Å². The van der Waals surface area contributed by atoms with Gasteiger partial charge in [0.25, 0.3) is 0 Å². The number of rotatable bonds is 6. The highest BCUT2D eigenvalue weighted by Crippen LogP contribution is 2.44. The highest BCUT2D eigenvalue weighted by Gasteiger charge is 2.37. The van der Waals surface area contributed by atoms with Crippen LogP contribution in [0.2, 0.25) is 0 Å². The minimum absolute atomic E-state index is 0.133. The summed E-state index contributed by atoms with van der Waals surface area (Å²) in [7, 11) is 0. The minimum atomic E-state index is -1.50. The van der Waals surface area contributed by atoms with Crippen LogP contribution in [0.1, 0.15) is 47.0 Å². The lowest BCUT2D eigenvalue weighted by molar-refractivity contribution is -0.140. The average Bonchev–Trinajstić information content (AvgIpc) is 2.42. The van der Waals surface area contributed by atoms with Crippen LogP contribution in [0.3, 0.4) is 0 Å². The number of nitrogens with zero attached hydrogens (tertiary/aromatic N) is 2. The van der Waals surface area contributed by atoms with Crippen molar-refractivity contribution in [2.24, 2.45) is 5.41 Å². The Balaban J connectivity index is 3.69. The summed E-state index contributed by atoms with van der Waals surface area (Å²) in [6, 6.07) is 2.06. The molecular weight excluding hydrogens is 296 g/mol. The minimum Gasteiger partial charge on any atom is -0.477 e. The molecule has 0 spiro atoms. The number of aliphatic carboxylic acids is 2. The molecule has 1 rings (SSSR count). The molecule has 1 aliphatic carbocycles. The Labute approximate surface area is 136 Å². The van der Waals surface area contributed by atoms with E-state index in [1.54, 1.807) is 0 Å². The summed E-state index contributed by atoms with van der Waals surface area (Å²) in [5, 5.41) is 28.1. The van der Waals surface area contributed by atoms with Crippen molar-refractivity contribution in [3.8, 4) is 6.07 Å². The molecule has 2 N–H and O–H groups in total. The van der Waals surface area contributed by atoms with Gasteiger partial charge in [-0.25, -0.2) is 9.59 Å². The molecule has 0 heterocycles. The molecular formula is C17H24N2O4. The number of carbonyl (C=O) groups is 2. The van der Waals surface area contributed by atoms with E-state index in [0.29, 0.717) is 13.0 Å². The van der Waals surface area contributed by atoms with Crippen LogP contribution in [0.15, 0.2) is 22.4 Å². The lowest BCUT2D eigenvalue weighted by atomic mass is 9.72. The summed E-state index contributed by atoms with van der Waals surface area (Å²) in [5.41, 5.74) is 0.0951. The number of hydrogen-bond acceptors (Lipinski definition) is 4. The summed E-state index contributed by atoms with van der Waals surface area (Å²) >= 11 is 0. The number of carboxylic acid groups (broad SMARTS) is 2. The molecule has 23 heavy (non-hydrogen) atoms. The molecule has 0 aliphatic heterocycles. The van der Waals surface area contributed by atoms with E-state index in [0.717, 1.165) is 18.7 Å². The van der Waals surface area contributed by atoms with Crippen molar-refractivity contribution < 1.29 is 19.8 Å². The Hall–Kier alpha value is -2.29. The second-order valence-electron chi connectivity index (χ2n) is 6.49. The summed E-state index contributed by atoms with van der Waals surface area (Å²) in [6.45, 7) is 9.35. The molecule has 0 aromatic rings. The van der Waals surface area contributed by atoms with Crippen molar-refractivity contribution in [2.45, 2.75) is 47.0 Å². The monoisotopic (exact) mass is 320 g/mol. The van der Waals surface area contributed by atoms with Crippen molar-refractivity contribution in [3.05, 3.63) is 22.4 Å². The third-order valence-corrected chi connectivity index (χ3v) is 3.99. The summed E-state index contributed by atoms with van der Waals surface area (Å²) in [4.78, 5) is 24.8. The maximum Gasteiger partial charge on any atom is 0.343 e. The van der Waals surface area contributed by atoms with Crippen LogP contribution in [-0.2, 0) is 9.59 Å². The van der Waals surface area contributed by atoms with E-state index < -0.39 is 17.5 Å². The lowest BCUT2D eigenvalue weighted by Crippen LogP contribution is -2.33. The maximum atomic E-state index is 11.4. The van der Waals surface area contributed by atoms with Gasteiger partial charge in [-0.2, -0.15) is 5.26 Å². The maximum absolute atomic E-state index is 11.4. The number of hydrogen-bond donors (Lipinski definition) is 2.